The van der Waals surface area contributed by atoms with Gasteiger partial charge in [-0.2, -0.15) is 4.98 Å². The lowest BCUT2D eigenvalue weighted by atomic mass is 9.83. The second-order valence-electron chi connectivity index (χ2n) is 5.28. The number of aromatic nitrogens is 2. The third-order valence-electron chi connectivity index (χ3n) is 4.30. The van der Waals surface area contributed by atoms with Crippen LogP contribution in [0.2, 0.25) is 5.28 Å². The van der Waals surface area contributed by atoms with Gasteiger partial charge in [0, 0.05) is 18.0 Å². The zero-order valence-corrected chi connectivity index (χ0v) is 10.8. The van der Waals surface area contributed by atoms with Gasteiger partial charge in [-0.25, -0.2) is 9.37 Å². The summed E-state index contributed by atoms with van der Waals surface area (Å²) >= 11 is 5.66. The van der Waals surface area contributed by atoms with Crippen LogP contribution >= 0.6 is 11.6 Å². The minimum Gasteiger partial charge on any atom is -0.364 e. The summed E-state index contributed by atoms with van der Waals surface area (Å²) in [5.74, 6) is -0.219. The molecule has 19 heavy (non-hydrogen) atoms. The summed E-state index contributed by atoms with van der Waals surface area (Å²) < 4.78 is 13.6. The van der Waals surface area contributed by atoms with Crippen molar-refractivity contribution in [1.82, 2.24) is 9.97 Å². The molecular formula is C12H14ClFN4O. The number of nitrogens with one attached hydrogen (secondary N) is 1. The van der Waals surface area contributed by atoms with Crippen molar-refractivity contribution in [3.63, 3.8) is 0 Å². The van der Waals surface area contributed by atoms with Crippen LogP contribution in [0.3, 0.4) is 0 Å². The Morgan fingerprint density at radius 2 is 2.32 bits per heavy atom. The molecule has 2 aliphatic rings. The molecule has 3 rings (SSSR count). The monoisotopic (exact) mass is 284 g/mol. The first-order valence-corrected chi connectivity index (χ1v) is 6.63. The molecule has 3 N–H and O–H groups in total. The van der Waals surface area contributed by atoms with Crippen molar-refractivity contribution in [2.24, 2.45) is 23.5 Å². The fourth-order valence-electron chi connectivity index (χ4n) is 3.45. The average molecular weight is 285 g/mol. The third-order valence-corrected chi connectivity index (χ3v) is 4.48. The summed E-state index contributed by atoms with van der Waals surface area (Å²) in [7, 11) is 0. The third kappa shape index (κ3) is 2.08. The van der Waals surface area contributed by atoms with Gasteiger partial charge in [-0.05, 0) is 36.3 Å². The Balaban J connectivity index is 1.85. The van der Waals surface area contributed by atoms with Crippen LogP contribution < -0.4 is 11.1 Å². The highest BCUT2D eigenvalue weighted by Gasteiger charge is 2.51. The maximum absolute atomic E-state index is 13.6. The number of carbonyl (C=O) groups excluding carboxylic acids is 1. The Morgan fingerprint density at radius 1 is 1.53 bits per heavy atom. The quantitative estimate of drug-likeness (QED) is 0.644. The molecule has 0 saturated heterocycles. The van der Waals surface area contributed by atoms with Crippen LogP contribution in [0.1, 0.15) is 12.8 Å². The SMILES string of the molecule is NC1CC2CC1C(Nc1nc(Cl)ncc1F)C2C=O. The second-order valence-corrected chi connectivity index (χ2v) is 5.62. The predicted octanol–water partition coefficient (Wildman–Crippen LogP) is 1.23. The lowest BCUT2D eigenvalue weighted by Crippen LogP contribution is -2.45. The second kappa shape index (κ2) is 4.68. The van der Waals surface area contributed by atoms with Crippen LogP contribution in [0.15, 0.2) is 6.20 Å². The van der Waals surface area contributed by atoms with E-state index in [0.29, 0.717) is 0 Å². The molecule has 1 aromatic heterocycles. The van der Waals surface area contributed by atoms with Crippen molar-refractivity contribution >= 4 is 23.7 Å². The molecule has 2 bridgehead atoms. The molecular weight excluding hydrogens is 271 g/mol. The van der Waals surface area contributed by atoms with E-state index >= 15 is 0 Å². The molecule has 0 aliphatic heterocycles. The number of rotatable bonds is 3. The minimum atomic E-state index is -0.578. The van der Waals surface area contributed by atoms with Crippen LogP contribution in [0, 0.1) is 23.6 Å². The number of hydrogen-bond donors (Lipinski definition) is 2. The fraction of sp³-hybridized carbons (Fsp3) is 0.583. The van der Waals surface area contributed by atoms with Gasteiger partial charge < -0.3 is 15.8 Å². The Hall–Kier alpha value is -1.27. The lowest BCUT2D eigenvalue weighted by Gasteiger charge is -2.32. The Kier molecular flexibility index (Phi) is 3.14. The molecule has 5 nitrogen and oxygen atoms in total. The number of carbonyl (C=O) groups is 1. The number of fused-ring (bicyclic) bond motifs is 2. The van der Waals surface area contributed by atoms with Gasteiger partial charge in [0.05, 0.1) is 6.20 Å². The lowest BCUT2D eigenvalue weighted by molar-refractivity contribution is -0.112. The molecule has 2 saturated carbocycles. The molecule has 0 amide bonds. The van der Waals surface area contributed by atoms with Gasteiger partial charge in [0.2, 0.25) is 5.28 Å². The zero-order chi connectivity index (χ0) is 13.6. The number of hydrogen-bond acceptors (Lipinski definition) is 5. The average Bonchev–Trinajstić information content (AvgIpc) is 2.90. The maximum atomic E-state index is 13.6. The van der Waals surface area contributed by atoms with Crippen molar-refractivity contribution in [2.45, 2.75) is 24.9 Å². The molecule has 7 heteroatoms. The first kappa shape index (κ1) is 12.7. The van der Waals surface area contributed by atoms with Gasteiger partial charge in [-0.15, -0.1) is 0 Å². The number of nitrogens with zero attached hydrogens (tertiary/aromatic N) is 2. The van der Waals surface area contributed by atoms with E-state index in [1.165, 1.54) is 0 Å². The van der Waals surface area contributed by atoms with Crippen molar-refractivity contribution < 1.29 is 9.18 Å². The van der Waals surface area contributed by atoms with E-state index in [1.54, 1.807) is 0 Å². The van der Waals surface area contributed by atoms with Crippen molar-refractivity contribution in [3.8, 4) is 0 Å². The molecule has 0 spiro atoms. The molecule has 2 aliphatic carbocycles. The Morgan fingerprint density at radius 3 is 3.05 bits per heavy atom. The van der Waals surface area contributed by atoms with Crippen LogP contribution in [0.5, 0.6) is 0 Å². The first-order valence-electron chi connectivity index (χ1n) is 6.25. The van der Waals surface area contributed by atoms with Crippen LogP contribution in [-0.4, -0.2) is 28.3 Å². The molecule has 5 atom stereocenters. The van der Waals surface area contributed by atoms with E-state index < -0.39 is 5.82 Å². The molecule has 1 heterocycles. The molecule has 1 aromatic rings. The summed E-state index contributed by atoms with van der Waals surface area (Å²) in [6.07, 6.45) is 3.72. The van der Waals surface area contributed by atoms with E-state index in [2.05, 4.69) is 15.3 Å². The van der Waals surface area contributed by atoms with Crippen molar-refractivity contribution in [3.05, 3.63) is 17.3 Å². The van der Waals surface area contributed by atoms with E-state index in [-0.39, 0.29) is 40.9 Å². The summed E-state index contributed by atoms with van der Waals surface area (Å²) in [6.45, 7) is 0. The van der Waals surface area contributed by atoms with Gasteiger partial charge in [-0.3, -0.25) is 0 Å². The van der Waals surface area contributed by atoms with Crippen LogP contribution in [-0.2, 0) is 4.79 Å². The standard InChI is InChI=1S/C12H14ClFN4O/c13-12-16-3-8(14)11(18-12)17-10-6-1-5(2-9(6)15)7(10)4-19/h3-7,9-10H,1-2,15H2,(H,16,17,18). The Labute approximate surface area is 114 Å². The predicted molar refractivity (Wildman–Crippen MR) is 68.2 cm³/mol. The number of anilines is 1. The number of halogens is 2. The summed E-state index contributed by atoms with van der Waals surface area (Å²) in [5, 5.41) is 2.96. The molecule has 0 radical (unpaired) electrons. The highest BCUT2D eigenvalue weighted by Crippen LogP contribution is 2.48. The largest absolute Gasteiger partial charge is 0.364 e. The van der Waals surface area contributed by atoms with E-state index in [0.717, 1.165) is 25.3 Å². The first-order chi connectivity index (χ1) is 9.10. The highest BCUT2D eigenvalue weighted by molar-refractivity contribution is 6.28. The summed E-state index contributed by atoms with van der Waals surface area (Å²) in [6, 6.07) is -0.120. The number of aldehydes is 1. The fourth-order valence-corrected chi connectivity index (χ4v) is 3.59. The Bertz CT molecular complexity index is 515. The molecule has 0 aromatic carbocycles. The van der Waals surface area contributed by atoms with Crippen LogP contribution in [0.4, 0.5) is 10.2 Å². The maximum Gasteiger partial charge on any atom is 0.224 e. The smallest absolute Gasteiger partial charge is 0.224 e. The van der Waals surface area contributed by atoms with Gasteiger partial charge >= 0.3 is 0 Å². The van der Waals surface area contributed by atoms with Crippen molar-refractivity contribution in [2.75, 3.05) is 5.32 Å². The van der Waals surface area contributed by atoms with Gasteiger partial charge in [0.15, 0.2) is 11.6 Å². The molecule has 102 valence electrons. The summed E-state index contributed by atoms with van der Waals surface area (Å²) in [4.78, 5) is 18.6. The normalized spacial score (nSPS) is 36.5. The van der Waals surface area contributed by atoms with E-state index in [1.807, 2.05) is 0 Å². The molecule has 5 unspecified atom stereocenters. The number of nitrogens with two attached hydrogens (primary N) is 1. The highest BCUT2D eigenvalue weighted by atomic mass is 35.5. The molecule has 2 fully saturated rings. The topological polar surface area (TPSA) is 80.9 Å². The zero-order valence-electron chi connectivity index (χ0n) is 10.1. The van der Waals surface area contributed by atoms with Crippen molar-refractivity contribution in [1.29, 1.82) is 0 Å². The van der Waals surface area contributed by atoms with Gasteiger partial charge in [-0.1, -0.05) is 0 Å². The summed E-state index contributed by atoms with van der Waals surface area (Å²) in [5.41, 5.74) is 6.04. The van der Waals surface area contributed by atoms with Gasteiger partial charge in [0.1, 0.15) is 6.29 Å². The van der Waals surface area contributed by atoms with Crippen LogP contribution in [0.25, 0.3) is 0 Å². The van der Waals surface area contributed by atoms with Gasteiger partial charge in [0.25, 0.3) is 0 Å². The van der Waals surface area contributed by atoms with E-state index in [9.17, 15) is 9.18 Å². The van der Waals surface area contributed by atoms with E-state index in [4.69, 9.17) is 17.3 Å². The minimum absolute atomic E-state index is 0.0287.